The quantitative estimate of drug-likeness (QED) is 0.301. The molecule has 0 unspecified atom stereocenters. The summed E-state index contributed by atoms with van der Waals surface area (Å²) in [7, 11) is 0. The molecule has 9 nitrogen and oxygen atoms in total. The Hall–Kier alpha value is -3.10. The van der Waals surface area contributed by atoms with E-state index in [0.717, 1.165) is 55.6 Å². The third-order valence-corrected chi connectivity index (χ3v) is 6.09. The van der Waals surface area contributed by atoms with Gasteiger partial charge in [0.15, 0.2) is 0 Å². The SMILES string of the molecule is CCCCCCN(CCCOC(C)=O)C(=O)CCCCOc1ccc2c(c1)CN1CC(=O)NC1=N2. The average Bonchev–Trinajstić information content (AvgIpc) is 3.19. The molecule has 1 aromatic carbocycles. The molecular formula is C26H38N4O5. The van der Waals surface area contributed by atoms with Crippen molar-refractivity contribution < 1.29 is 23.9 Å². The summed E-state index contributed by atoms with van der Waals surface area (Å²) in [4.78, 5) is 43.6. The number of carbonyl (C=O) groups is 3. The molecule has 2 heterocycles. The van der Waals surface area contributed by atoms with Crippen molar-refractivity contribution in [2.45, 2.75) is 71.8 Å². The predicted octanol–water partition coefficient (Wildman–Crippen LogP) is 3.53. The molecule has 35 heavy (non-hydrogen) atoms. The molecule has 0 atom stereocenters. The lowest BCUT2D eigenvalue weighted by atomic mass is 10.1. The van der Waals surface area contributed by atoms with Crippen LogP contribution in [0.2, 0.25) is 0 Å². The fourth-order valence-electron chi connectivity index (χ4n) is 4.22. The van der Waals surface area contributed by atoms with E-state index in [9.17, 15) is 14.4 Å². The van der Waals surface area contributed by atoms with E-state index in [4.69, 9.17) is 9.47 Å². The van der Waals surface area contributed by atoms with E-state index in [1.807, 2.05) is 28.0 Å². The van der Waals surface area contributed by atoms with E-state index in [0.29, 0.717) is 51.6 Å². The molecule has 2 aliphatic heterocycles. The normalized spacial score (nSPS) is 14.1. The largest absolute Gasteiger partial charge is 0.494 e. The zero-order chi connectivity index (χ0) is 25.0. The van der Waals surface area contributed by atoms with Gasteiger partial charge in [-0.2, -0.15) is 0 Å². The summed E-state index contributed by atoms with van der Waals surface area (Å²) in [5.41, 5.74) is 1.88. The Morgan fingerprint density at radius 1 is 1.06 bits per heavy atom. The number of nitrogens with one attached hydrogen (secondary N) is 1. The second kappa shape index (κ2) is 13.7. The summed E-state index contributed by atoms with van der Waals surface area (Å²) >= 11 is 0. The maximum atomic E-state index is 12.8. The monoisotopic (exact) mass is 486 g/mol. The standard InChI is InChI=1S/C26H38N4O5/c1-3-4-5-7-13-29(14-9-16-34-20(2)31)25(33)10-6-8-15-35-22-11-12-23-21(17-22)18-30-19-24(32)28-26(30)27-23/h11-12,17H,3-10,13-16,18-19H2,1-2H3,(H,27,28,32). The highest BCUT2D eigenvalue weighted by molar-refractivity contribution is 6.05. The molecule has 0 aromatic heterocycles. The van der Waals surface area contributed by atoms with Crippen molar-refractivity contribution in [3.63, 3.8) is 0 Å². The number of unbranched alkanes of at least 4 members (excludes halogenated alkanes) is 4. The first-order chi connectivity index (χ1) is 17.0. The summed E-state index contributed by atoms with van der Waals surface area (Å²) in [6.07, 6.45) is 7.15. The van der Waals surface area contributed by atoms with Crippen molar-refractivity contribution in [1.82, 2.24) is 15.1 Å². The lowest BCUT2D eigenvalue weighted by Gasteiger charge is -2.23. The van der Waals surface area contributed by atoms with Gasteiger partial charge in [0.1, 0.15) is 12.3 Å². The Labute approximate surface area is 207 Å². The predicted molar refractivity (Wildman–Crippen MR) is 133 cm³/mol. The van der Waals surface area contributed by atoms with Gasteiger partial charge in [-0.3, -0.25) is 19.7 Å². The number of benzene rings is 1. The molecule has 0 radical (unpaired) electrons. The van der Waals surface area contributed by atoms with Gasteiger partial charge in [-0.15, -0.1) is 0 Å². The topological polar surface area (TPSA) is 101 Å². The van der Waals surface area contributed by atoms with Gasteiger partial charge in [0.2, 0.25) is 17.8 Å². The van der Waals surface area contributed by atoms with Gasteiger partial charge in [-0.25, -0.2) is 4.99 Å². The van der Waals surface area contributed by atoms with E-state index >= 15 is 0 Å². The summed E-state index contributed by atoms with van der Waals surface area (Å²) < 4.78 is 10.9. The fourth-order valence-corrected chi connectivity index (χ4v) is 4.22. The second-order valence-electron chi connectivity index (χ2n) is 9.07. The Morgan fingerprint density at radius 3 is 2.69 bits per heavy atom. The zero-order valence-electron chi connectivity index (χ0n) is 21.0. The lowest BCUT2D eigenvalue weighted by Crippen LogP contribution is -2.33. The maximum absolute atomic E-state index is 12.8. The minimum absolute atomic E-state index is 0.0357. The number of nitrogens with zero attached hydrogens (tertiary/aromatic N) is 3. The molecule has 1 saturated heterocycles. The minimum Gasteiger partial charge on any atom is -0.494 e. The molecule has 1 N–H and O–H groups in total. The highest BCUT2D eigenvalue weighted by atomic mass is 16.5. The molecule has 0 bridgehead atoms. The van der Waals surface area contributed by atoms with E-state index in [1.54, 1.807) is 0 Å². The van der Waals surface area contributed by atoms with Crippen molar-refractivity contribution in [3.05, 3.63) is 23.8 Å². The van der Waals surface area contributed by atoms with Gasteiger partial charge in [-0.1, -0.05) is 26.2 Å². The smallest absolute Gasteiger partial charge is 0.302 e. The molecular weight excluding hydrogens is 448 g/mol. The van der Waals surface area contributed by atoms with E-state index in [1.165, 1.54) is 13.3 Å². The third-order valence-electron chi connectivity index (χ3n) is 6.09. The van der Waals surface area contributed by atoms with Crippen molar-refractivity contribution in [1.29, 1.82) is 0 Å². The third kappa shape index (κ3) is 8.56. The molecule has 0 saturated carbocycles. The zero-order valence-corrected chi connectivity index (χ0v) is 21.0. The number of guanidine groups is 1. The average molecular weight is 487 g/mol. The number of fused-ring (bicyclic) bond motifs is 2. The van der Waals surface area contributed by atoms with Crippen molar-refractivity contribution in [2.24, 2.45) is 4.99 Å². The van der Waals surface area contributed by atoms with Crippen LogP contribution in [0.1, 0.15) is 70.8 Å². The fraction of sp³-hybridized carbons (Fsp3) is 0.615. The number of esters is 1. The van der Waals surface area contributed by atoms with Gasteiger partial charge < -0.3 is 19.3 Å². The van der Waals surface area contributed by atoms with Crippen LogP contribution in [-0.4, -0.2) is 66.4 Å². The first kappa shape index (κ1) is 26.5. The number of aliphatic imine (C=N–C) groups is 1. The molecule has 3 rings (SSSR count). The van der Waals surface area contributed by atoms with Crippen LogP contribution in [-0.2, 0) is 25.7 Å². The van der Waals surface area contributed by atoms with Crippen LogP contribution in [0.15, 0.2) is 23.2 Å². The van der Waals surface area contributed by atoms with Crippen LogP contribution in [0.3, 0.4) is 0 Å². The van der Waals surface area contributed by atoms with Crippen molar-refractivity contribution in [2.75, 3.05) is 32.8 Å². The summed E-state index contributed by atoms with van der Waals surface area (Å²) in [6, 6.07) is 5.78. The first-order valence-electron chi connectivity index (χ1n) is 12.8. The van der Waals surface area contributed by atoms with E-state index in [2.05, 4.69) is 17.2 Å². The van der Waals surface area contributed by atoms with E-state index in [-0.39, 0.29) is 17.8 Å². The molecule has 9 heteroatoms. The van der Waals surface area contributed by atoms with Gasteiger partial charge >= 0.3 is 5.97 Å². The van der Waals surface area contributed by atoms with Gasteiger partial charge in [0.25, 0.3) is 0 Å². The van der Waals surface area contributed by atoms with Crippen LogP contribution < -0.4 is 10.1 Å². The number of hydrogen-bond donors (Lipinski definition) is 1. The molecule has 2 amide bonds. The molecule has 0 spiro atoms. The Morgan fingerprint density at radius 2 is 1.89 bits per heavy atom. The first-order valence-corrected chi connectivity index (χ1v) is 12.8. The minimum atomic E-state index is -0.287. The molecule has 2 aliphatic rings. The summed E-state index contributed by atoms with van der Waals surface area (Å²) in [5.74, 6) is 1.22. The maximum Gasteiger partial charge on any atom is 0.302 e. The Balaban J connectivity index is 1.38. The second-order valence-corrected chi connectivity index (χ2v) is 9.07. The van der Waals surface area contributed by atoms with Crippen molar-refractivity contribution in [3.8, 4) is 5.75 Å². The molecule has 0 aliphatic carbocycles. The van der Waals surface area contributed by atoms with Crippen molar-refractivity contribution >= 4 is 29.4 Å². The number of ether oxygens (including phenoxy) is 2. The van der Waals surface area contributed by atoms with Crippen LogP contribution in [0.5, 0.6) is 5.75 Å². The highest BCUT2D eigenvalue weighted by Gasteiger charge is 2.29. The Kier molecular flexibility index (Phi) is 10.4. The van der Waals surface area contributed by atoms with E-state index < -0.39 is 0 Å². The Bertz CT molecular complexity index is 917. The number of rotatable bonds is 15. The number of hydrogen-bond acceptors (Lipinski definition) is 7. The van der Waals surface area contributed by atoms with Crippen LogP contribution >= 0.6 is 0 Å². The number of carbonyl (C=O) groups excluding carboxylic acids is 3. The van der Waals surface area contributed by atoms with Gasteiger partial charge in [0.05, 0.1) is 18.9 Å². The summed E-state index contributed by atoms with van der Waals surface area (Å²) in [6.45, 7) is 6.79. The van der Waals surface area contributed by atoms with Crippen LogP contribution in [0.25, 0.3) is 0 Å². The molecule has 1 fully saturated rings. The summed E-state index contributed by atoms with van der Waals surface area (Å²) in [5, 5.41) is 2.77. The van der Waals surface area contributed by atoms with Crippen LogP contribution in [0.4, 0.5) is 5.69 Å². The molecule has 1 aromatic rings. The molecule has 192 valence electrons. The highest BCUT2D eigenvalue weighted by Crippen LogP contribution is 2.30. The lowest BCUT2D eigenvalue weighted by molar-refractivity contribution is -0.141. The number of amides is 2. The van der Waals surface area contributed by atoms with Gasteiger partial charge in [-0.05, 0) is 43.9 Å². The van der Waals surface area contributed by atoms with Crippen LogP contribution in [0, 0.1) is 0 Å². The van der Waals surface area contributed by atoms with Gasteiger partial charge in [0, 0.05) is 38.5 Å².